The average Bonchev–Trinajstić information content (AvgIpc) is 3.53. The molecule has 3 aliphatic heterocycles. The maximum Gasteiger partial charge on any atom is 0.263 e. The van der Waals surface area contributed by atoms with E-state index in [0.717, 1.165) is 13.1 Å². The summed E-state index contributed by atoms with van der Waals surface area (Å²) in [6.45, 7) is 3.68. The van der Waals surface area contributed by atoms with Crippen molar-refractivity contribution in [2.24, 2.45) is 0 Å². The summed E-state index contributed by atoms with van der Waals surface area (Å²) in [4.78, 5) is 48.2. The van der Waals surface area contributed by atoms with Crippen molar-refractivity contribution in [3.05, 3.63) is 58.0 Å². The molecule has 1 atom stereocenters. The molecule has 1 spiro atoms. The lowest BCUT2D eigenvalue weighted by Crippen LogP contribution is -2.61. The molecule has 2 aromatic rings. The summed E-state index contributed by atoms with van der Waals surface area (Å²) in [6, 6.07) is 8.27. The molecule has 3 aliphatic rings. The number of halogens is 1. The smallest absolute Gasteiger partial charge is 0.263 e. The van der Waals surface area contributed by atoms with Crippen LogP contribution in [0.4, 0.5) is 4.39 Å². The number of hydrogen-bond donors (Lipinski definition) is 0. The second-order valence-corrected chi connectivity index (χ2v) is 10.3. The van der Waals surface area contributed by atoms with Crippen LogP contribution in [0.25, 0.3) is 0 Å². The number of hydrogen-bond acceptors (Lipinski definition) is 6. The van der Waals surface area contributed by atoms with Gasteiger partial charge in [0, 0.05) is 57.7 Å². The van der Waals surface area contributed by atoms with Crippen LogP contribution in [0.1, 0.15) is 32.9 Å². The maximum atomic E-state index is 13.7. The predicted octanol–water partition coefficient (Wildman–Crippen LogP) is 2.13. The molecule has 186 valence electrons. The molecule has 10 heteroatoms. The Morgan fingerprint density at radius 1 is 0.943 bits per heavy atom. The van der Waals surface area contributed by atoms with Gasteiger partial charge in [-0.3, -0.25) is 19.3 Å². The molecule has 3 fully saturated rings. The van der Waals surface area contributed by atoms with Gasteiger partial charge < -0.3 is 19.4 Å². The van der Waals surface area contributed by atoms with Gasteiger partial charge in [-0.05, 0) is 42.8 Å². The minimum atomic E-state index is -0.982. The Kier molecular flexibility index (Phi) is 6.61. The number of ether oxygens (including phenoxy) is 1. The number of thiophene rings is 1. The van der Waals surface area contributed by atoms with Crippen LogP contribution in [0.15, 0.2) is 41.8 Å². The molecule has 4 heterocycles. The van der Waals surface area contributed by atoms with Gasteiger partial charge in [0.15, 0.2) is 0 Å². The minimum Gasteiger partial charge on any atom is -0.353 e. The third kappa shape index (κ3) is 4.57. The molecule has 8 nitrogen and oxygen atoms in total. The Hall–Kier alpha value is -2.82. The number of benzene rings is 1. The van der Waals surface area contributed by atoms with E-state index in [1.807, 2.05) is 18.5 Å². The number of likely N-dealkylation sites (tertiary alicyclic amines) is 1. The van der Waals surface area contributed by atoms with E-state index < -0.39 is 17.6 Å². The molecular weight excluding hydrogens is 471 g/mol. The molecule has 5 rings (SSSR count). The normalized spacial score (nSPS) is 22.6. The van der Waals surface area contributed by atoms with Gasteiger partial charge in [-0.25, -0.2) is 4.39 Å². The average molecular weight is 501 g/mol. The number of nitrogens with zero attached hydrogens (tertiary/aromatic N) is 4. The van der Waals surface area contributed by atoms with E-state index in [9.17, 15) is 18.8 Å². The molecule has 0 bridgehead atoms. The summed E-state index contributed by atoms with van der Waals surface area (Å²) in [6.07, 6.45) is 0.813. The molecule has 3 saturated heterocycles. The molecule has 35 heavy (non-hydrogen) atoms. The molecule has 0 saturated carbocycles. The Bertz CT molecular complexity index is 1080. The van der Waals surface area contributed by atoms with Crippen LogP contribution in [-0.4, -0.2) is 102 Å². The van der Waals surface area contributed by atoms with Crippen molar-refractivity contribution in [2.75, 3.05) is 52.9 Å². The third-order valence-electron chi connectivity index (χ3n) is 7.23. The minimum absolute atomic E-state index is 0.0330. The summed E-state index contributed by atoms with van der Waals surface area (Å²) in [5.41, 5.74) is -0.672. The van der Waals surface area contributed by atoms with Gasteiger partial charge >= 0.3 is 0 Å². The third-order valence-corrected chi connectivity index (χ3v) is 8.09. The van der Waals surface area contributed by atoms with Gasteiger partial charge in [0.2, 0.25) is 5.91 Å². The van der Waals surface area contributed by atoms with Crippen molar-refractivity contribution < 1.29 is 23.5 Å². The standard InChI is InChI=1S/C25H29FN4O4S/c1-27-12-14-29(15-13-27)23(32)20-17-34-25(30(20)22(31)18-4-6-19(26)7-5-18)8-10-28(11-9-25)24(33)21-3-2-16-35-21/h2-7,16,20H,8-15,17H2,1H3. The maximum absolute atomic E-state index is 13.7. The molecule has 1 unspecified atom stereocenters. The van der Waals surface area contributed by atoms with Crippen molar-refractivity contribution in [3.63, 3.8) is 0 Å². The first kappa shape index (κ1) is 23.9. The fourth-order valence-corrected chi connectivity index (χ4v) is 5.83. The lowest BCUT2D eigenvalue weighted by atomic mass is 9.96. The first-order valence-corrected chi connectivity index (χ1v) is 12.8. The number of piperazine rings is 1. The number of carbonyl (C=O) groups is 3. The summed E-state index contributed by atoms with van der Waals surface area (Å²) < 4.78 is 19.8. The van der Waals surface area contributed by atoms with Crippen molar-refractivity contribution in [2.45, 2.75) is 24.6 Å². The van der Waals surface area contributed by atoms with Crippen molar-refractivity contribution >= 4 is 29.1 Å². The van der Waals surface area contributed by atoms with Gasteiger partial charge in [-0.15, -0.1) is 11.3 Å². The Morgan fingerprint density at radius 3 is 2.26 bits per heavy atom. The van der Waals surface area contributed by atoms with Gasteiger partial charge in [0.05, 0.1) is 11.5 Å². The van der Waals surface area contributed by atoms with Crippen molar-refractivity contribution in [3.8, 4) is 0 Å². The van der Waals surface area contributed by atoms with E-state index in [1.54, 1.807) is 20.8 Å². The van der Waals surface area contributed by atoms with Gasteiger partial charge in [0.25, 0.3) is 11.8 Å². The van der Waals surface area contributed by atoms with E-state index in [0.29, 0.717) is 49.5 Å². The lowest BCUT2D eigenvalue weighted by Gasteiger charge is -2.45. The second kappa shape index (κ2) is 9.67. The van der Waals surface area contributed by atoms with Crippen LogP contribution in [-0.2, 0) is 9.53 Å². The molecule has 0 N–H and O–H groups in total. The molecule has 1 aromatic carbocycles. The van der Waals surface area contributed by atoms with E-state index >= 15 is 0 Å². The Balaban J connectivity index is 1.39. The van der Waals surface area contributed by atoms with Gasteiger partial charge in [-0.1, -0.05) is 6.07 Å². The quantitative estimate of drug-likeness (QED) is 0.646. The number of carbonyl (C=O) groups excluding carboxylic acids is 3. The number of piperidine rings is 1. The Labute approximate surface area is 207 Å². The van der Waals surface area contributed by atoms with E-state index in [2.05, 4.69) is 4.90 Å². The summed E-state index contributed by atoms with van der Waals surface area (Å²) in [7, 11) is 2.02. The zero-order chi connectivity index (χ0) is 24.6. The van der Waals surface area contributed by atoms with E-state index in [-0.39, 0.29) is 24.3 Å². The topological polar surface area (TPSA) is 73.4 Å². The highest BCUT2D eigenvalue weighted by Gasteiger charge is 2.55. The molecule has 0 radical (unpaired) electrons. The molecular formula is C25H29FN4O4S. The largest absolute Gasteiger partial charge is 0.353 e. The van der Waals surface area contributed by atoms with Crippen LogP contribution >= 0.6 is 11.3 Å². The first-order chi connectivity index (χ1) is 16.9. The second-order valence-electron chi connectivity index (χ2n) is 9.35. The molecule has 1 aromatic heterocycles. The van der Waals surface area contributed by atoms with Crippen LogP contribution in [0, 0.1) is 5.82 Å². The van der Waals surface area contributed by atoms with E-state index in [1.165, 1.54) is 35.6 Å². The van der Waals surface area contributed by atoms with Crippen LogP contribution in [0.5, 0.6) is 0 Å². The monoisotopic (exact) mass is 500 g/mol. The number of likely N-dealkylation sites (N-methyl/N-ethyl adjacent to an activating group) is 1. The fraction of sp³-hybridized carbons (Fsp3) is 0.480. The zero-order valence-electron chi connectivity index (χ0n) is 19.7. The highest BCUT2D eigenvalue weighted by Crippen LogP contribution is 2.39. The highest BCUT2D eigenvalue weighted by atomic mass is 32.1. The summed E-state index contributed by atoms with van der Waals surface area (Å²) in [5, 5.41) is 1.87. The summed E-state index contributed by atoms with van der Waals surface area (Å²) >= 11 is 1.40. The number of amides is 3. The number of rotatable bonds is 3. The van der Waals surface area contributed by atoms with Crippen LogP contribution in [0.3, 0.4) is 0 Å². The van der Waals surface area contributed by atoms with E-state index in [4.69, 9.17) is 4.74 Å². The lowest BCUT2D eigenvalue weighted by molar-refractivity contribution is -0.139. The van der Waals surface area contributed by atoms with Crippen molar-refractivity contribution in [1.82, 2.24) is 19.6 Å². The van der Waals surface area contributed by atoms with Gasteiger partial charge in [0.1, 0.15) is 17.6 Å². The van der Waals surface area contributed by atoms with Crippen molar-refractivity contribution in [1.29, 1.82) is 0 Å². The molecule has 0 aliphatic carbocycles. The molecule has 3 amide bonds. The fourth-order valence-electron chi connectivity index (χ4n) is 5.14. The predicted molar refractivity (Wildman–Crippen MR) is 129 cm³/mol. The summed E-state index contributed by atoms with van der Waals surface area (Å²) in [5.74, 6) is -0.941. The highest BCUT2D eigenvalue weighted by molar-refractivity contribution is 7.12. The SMILES string of the molecule is CN1CCN(C(=O)C2COC3(CCN(C(=O)c4cccs4)CC3)N2C(=O)c2ccc(F)cc2)CC1. The van der Waals surface area contributed by atoms with Crippen LogP contribution < -0.4 is 0 Å². The zero-order valence-corrected chi connectivity index (χ0v) is 20.5. The first-order valence-electron chi connectivity index (χ1n) is 11.9. The van der Waals surface area contributed by atoms with Crippen LogP contribution in [0.2, 0.25) is 0 Å². The Morgan fingerprint density at radius 2 is 1.63 bits per heavy atom. The van der Waals surface area contributed by atoms with Gasteiger partial charge in [-0.2, -0.15) is 0 Å².